The van der Waals surface area contributed by atoms with Gasteiger partial charge in [0.05, 0.1) is 11.4 Å². The zero-order chi connectivity index (χ0) is 13.0. The van der Waals surface area contributed by atoms with Crippen LogP contribution < -0.4 is 5.32 Å². The second-order valence-electron chi connectivity index (χ2n) is 5.34. The number of rotatable bonds is 4. The molecule has 4 nitrogen and oxygen atoms in total. The SMILES string of the molecule is CCn1nc(C)cc1CN(C)C1CCCNCC1. The van der Waals surface area contributed by atoms with Crippen LogP contribution in [0.2, 0.25) is 0 Å². The van der Waals surface area contributed by atoms with E-state index in [1.54, 1.807) is 0 Å². The Balaban J connectivity index is 1.98. The lowest BCUT2D eigenvalue weighted by molar-refractivity contribution is 0.211. The van der Waals surface area contributed by atoms with Gasteiger partial charge in [-0.15, -0.1) is 0 Å². The second-order valence-corrected chi connectivity index (χ2v) is 5.34. The van der Waals surface area contributed by atoms with Crippen molar-refractivity contribution in [1.29, 1.82) is 0 Å². The molecule has 1 aliphatic heterocycles. The molecule has 1 N–H and O–H groups in total. The van der Waals surface area contributed by atoms with Crippen molar-refractivity contribution in [3.8, 4) is 0 Å². The molecule has 4 heteroatoms. The van der Waals surface area contributed by atoms with E-state index in [1.807, 2.05) is 0 Å². The van der Waals surface area contributed by atoms with E-state index in [0.29, 0.717) is 6.04 Å². The summed E-state index contributed by atoms with van der Waals surface area (Å²) in [5, 5.41) is 8.00. The Morgan fingerprint density at radius 1 is 1.44 bits per heavy atom. The highest BCUT2D eigenvalue weighted by Gasteiger charge is 2.18. The van der Waals surface area contributed by atoms with Gasteiger partial charge in [-0.05, 0) is 59.3 Å². The molecule has 0 saturated carbocycles. The molecule has 0 radical (unpaired) electrons. The first kappa shape index (κ1) is 13.6. The molecule has 1 aliphatic rings. The Morgan fingerprint density at radius 2 is 2.28 bits per heavy atom. The molecule has 1 aromatic rings. The molecule has 102 valence electrons. The Morgan fingerprint density at radius 3 is 3.06 bits per heavy atom. The second kappa shape index (κ2) is 6.34. The van der Waals surface area contributed by atoms with Crippen molar-refractivity contribution >= 4 is 0 Å². The zero-order valence-electron chi connectivity index (χ0n) is 11.9. The average molecular weight is 250 g/mol. The van der Waals surface area contributed by atoms with Gasteiger partial charge in [0.2, 0.25) is 0 Å². The monoisotopic (exact) mass is 250 g/mol. The van der Waals surface area contributed by atoms with E-state index in [-0.39, 0.29) is 0 Å². The van der Waals surface area contributed by atoms with Crippen molar-refractivity contribution in [2.24, 2.45) is 0 Å². The van der Waals surface area contributed by atoms with Crippen LogP contribution in [0.5, 0.6) is 0 Å². The number of nitrogens with one attached hydrogen (secondary N) is 1. The average Bonchev–Trinajstić information content (AvgIpc) is 2.58. The smallest absolute Gasteiger partial charge is 0.0597 e. The molecule has 1 aromatic heterocycles. The van der Waals surface area contributed by atoms with Crippen LogP contribution in [0.3, 0.4) is 0 Å². The van der Waals surface area contributed by atoms with Gasteiger partial charge in [-0.1, -0.05) is 0 Å². The summed E-state index contributed by atoms with van der Waals surface area (Å²) in [4.78, 5) is 2.50. The molecule has 0 spiro atoms. The normalized spacial score (nSPS) is 21.2. The van der Waals surface area contributed by atoms with E-state index in [0.717, 1.165) is 25.3 Å². The highest BCUT2D eigenvalue weighted by atomic mass is 15.3. The van der Waals surface area contributed by atoms with Crippen molar-refractivity contribution in [1.82, 2.24) is 20.0 Å². The highest BCUT2D eigenvalue weighted by molar-refractivity contribution is 5.09. The van der Waals surface area contributed by atoms with E-state index in [4.69, 9.17) is 0 Å². The number of nitrogens with zero attached hydrogens (tertiary/aromatic N) is 3. The third-order valence-corrected chi connectivity index (χ3v) is 3.87. The number of hydrogen-bond acceptors (Lipinski definition) is 3. The Bertz CT molecular complexity index is 364. The first-order chi connectivity index (χ1) is 8.70. The number of aromatic nitrogens is 2. The molecule has 1 unspecified atom stereocenters. The summed E-state index contributed by atoms with van der Waals surface area (Å²) >= 11 is 0. The molecule has 1 fully saturated rings. The minimum absolute atomic E-state index is 0.709. The lowest BCUT2D eigenvalue weighted by Crippen LogP contribution is -2.32. The summed E-state index contributed by atoms with van der Waals surface area (Å²) < 4.78 is 2.13. The fourth-order valence-electron chi connectivity index (χ4n) is 2.83. The molecule has 0 bridgehead atoms. The van der Waals surface area contributed by atoms with E-state index in [1.165, 1.54) is 31.5 Å². The van der Waals surface area contributed by atoms with Gasteiger partial charge >= 0.3 is 0 Å². The van der Waals surface area contributed by atoms with E-state index >= 15 is 0 Å². The minimum atomic E-state index is 0.709. The summed E-state index contributed by atoms with van der Waals surface area (Å²) in [7, 11) is 2.25. The van der Waals surface area contributed by atoms with Gasteiger partial charge in [0, 0.05) is 19.1 Å². The predicted octanol–water partition coefficient (Wildman–Crippen LogP) is 1.79. The quantitative estimate of drug-likeness (QED) is 0.884. The first-order valence-corrected chi connectivity index (χ1v) is 7.15. The predicted molar refractivity (Wildman–Crippen MR) is 74.6 cm³/mol. The third-order valence-electron chi connectivity index (χ3n) is 3.87. The molecule has 0 aliphatic carbocycles. The van der Waals surface area contributed by atoms with Crippen LogP contribution in [-0.2, 0) is 13.1 Å². The van der Waals surface area contributed by atoms with Gasteiger partial charge in [-0.25, -0.2) is 0 Å². The Kier molecular flexibility index (Phi) is 4.78. The van der Waals surface area contributed by atoms with Crippen LogP contribution in [-0.4, -0.2) is 40.9 Å². The molecular formula is C14H26N4. The van der Waals surface area contributed by atoms with Crippen molar-refractivity contribution in [2.45, 2.75) is 52.2 Å². The molecular weight excluding hydrogens is 224 g/mol. The highest BCUT2D eigenvalue weighted by Crippen LogP contribution is 2.15. The van der Waals surface area contributed by atoms with Crippen LogP contribution in [0.25, 0.3) is 0 Å². The lowest BCUT2D eigenvalue weighted by Gasteiger charge is -2.26. The van der Waals surface area contributed by atoms with Crippen molar-refractivity contribution in [3.05, 3.63) is 17.5 Å². The molecule has 2 rings (SSSR count). The van der Waals surface area contributed by atoms with Gasteiger partial charge < -0.3 is 5.32 Å². The molecule has 0 amide bonds. The van der Waals surface area contributed by atoms with Gasteiger partial charge in [0.1, 0.15) is 0 Å². The first-order valence-electron chi connectivity index (χ1n) is 7.15. The van der Waals surface area contributed by atoms with E-state index in [2.05, 4.69) is 47.0 Å². The molecule has 0 aromatic carbocycles. The van der Waals surface area contributed by atoms with Crippen molar-refractivity contribution < 1.29 is 0 Å². The van der Waals surface area contributed by atoms with Gasteiger partial charge in [0.15, 0.2) is 0 Å². The van der Waals surface area contributed by atoms with Crippen LogP contribution in [0.4, 0.5) is 0 Å². The lowest BCUT2D eigenvalue weighted by atomic mass is 10.1. The molecule has 1 saturated heterocycles. The summed E-state index contributed by atoms with van der Waals surface area (Å²) in [5.41, 5.74) is 2.47. The maximum Gasteiger partial charge on any atom is 0.0597 e. The molecule has 2 heterocycles. The molecule has 18 heavy (non-hydrogen) atoms. The maximum atomic E-state index is 4.52. The summed E-state index contributed by atoms with van der Waals surface area (Å²) in [6.45, 7) is 8.54. The largest absolute Gasteiger partial charge is 0.317 e. The summed E-state index contributed by atoms with van der Waals surface area (Å²) in [6, 6.07) is 2.93. The van der Waals surface area contributed by atoms with Gasteiger partial charge in [-0.2, -0.15) is 5.10 Å². The van der Waals surface area contributed by atoms with Crippen LogP contribution in [0, 0.1) is 6.92 Å². The topological polar surface area (TPSA) is 33.1 Å². The van der Waals surface area contributed by atoms with E-state index in [9.17, 15) is 0 Å². The van der Waals surface area contributed by atoms with E-state index < -0.39 is 0 Å². The van der Waals surface area contributed by atoms with Crippen molar-refractivity contribution in [2.75, 3.05) is 20.1 Å². The standard InChI is InChI=1S/C14H26N4/c1-4-18-14(10-12(2)16-18)11-17(3)13-6-5-8-15-9-7-13/h10,13,15H,4-9,11H2,1-3H3. The zero-order valence-corrected chi connectivity index (χ0v) is 11.9. The Hall–Kier alpha value is -0.870. The van der Waals surface area contributed by atoms with Crippen LogP contribution in [0.15, 0.2) is 6.07 Å². The van der Waals surface area contributed by atoms with Crippen LogP contribution >= 0.6 is 0 Å². The third kappa shape index (κ3) is 3.33. The minimum Gasteiger partial charge on any atom is -0.317 e. The van der Waals surface area contributed by atoms with Gasteiger partial charge in [0.25, 0.3) is 0 Å². The fourth-order valence-corrected chi connectivity index (χ4v) is 2.83. The maximum absolute atomic E-state index is 4.52. The summed E-state index contributed by atoms with van der Waals surface area (Å²) in [5.74, 6) is 0. The fraction of sp³-hybridized carbons (Fsp3) is 0.786. The van der Waals surface area contributed by atoms with Crippen LogP contribution in [0.1, 0.15) is 37.6 Å². The van der Waals surface area contributed by atoms with Crippen molar-refractivity contribution in [3.63, 3.8) is 0 Å². The summed E-state index contributed by atoms with van der Waals surface area (Å²) in [6.07, 6.45) is 3.86. The van der Waals surface area contributed by atoms with Gasteiger partial charge in [-0.3, -0.25) is 9.58 Å². The number of aryl methyl sites for hydroxylation is 2. The Labute approximate surface area is 110 Å². The molecule has 1 atom stereocenters. The number of hydrogen-bond donors (Lipinski definition) is 1.